The van der Waals surface area contributed by atoms with Crippen LogP contribution in [0.4, 0.5) is 0 Å². The fourth-order valence-corrected chi connectivity index (χ4v) is 1.98. The highest BCUT2D eigenvalue weighted by molar-refractivity contribution is 6.62. The Morgan fingerprint density at radius 1 is 1.16 bits per heavy atom. The first-order valence-corrected chi connectivity index (χ1v) is 6.59. The summed E-state index contributed by atoms with van der Waals surface area (Å²) < 4.78 is 12.0. The molecule has 1 saturated heterocycles. The second-order valence-corrected chi connectivity index (χ2v) is 5.84. The van der Waals surface area contributed by atoms with E-state index in [-0.39, 0.29) is 24.9 Å². The van der Waals surface area contributed by atoms with Crippen molar-refractivity contribution in [3.63, 3.8) is 0 Å². The molecule has 0 aliphatic carbocycles. The summed E-state index contributed by atoms with van der Waals surface area (Å²) in [4.78, 5) is 0. The van der Waals surface area contributed by atoms with Crippen LogP contribution in [0.1, 0.15) is 33.3 Å². The largest absolute Gasteiger partial charge is 0.494 e. The number of aliphatic hydroxyl groups excluding tert-OH is 1. The number of rotatable bonds is 3. The molecule has 0 spiro atoms. The predicted octanol–water partition coefficient (Wildman–Crippen LogP) is 1.99. The molecule has 0 aromatic heterocycles. The maximum Gasteiger partial charge on any atom is 0.494 e. The number of hydrogen-bond acceptors (Lipinski definition) is 3. The van der Waals surface area contributed by atoms with Crippen LogP contribution in [0.2, 0.25) is 0 Å². The Morgan fingerprint density at radius 3 is 2.37 bits per heavy atom. The molecule has 0 radical (unpaired) electrons. The van der Waals surface area contributed by atoms with Crippen LogP contribution in [0.3, 0.4) is 0 Å². The van der Waals surface area contributed by atoms with Gasteiger partial charge in [0.25, 0.3) is 0 Å². The van der Waals surface area contributed by atoms with Gasteiger partial charge in [0.1, 0.15) is 0 Å². The molecular formula is C15H21BO3. The molecule has 1 aromatic rings. The van der Waals surface area contributed by atoms with Crippen LogP contribution in [0, 0.1) is 0 Å². The molecule has 1 fully saturated rings. The van der Waals surface area contributed by atoms with Gasteiger partial charge in [0.05, 0.1) is 17.8 Å². The lowest BCUT2D eigenvalue weighted by molar-refractivity contribution is 0.00578. The fraction of sp³-hybridized carbons (Fsp3) is 0.467. The lowest BCUT2D eigenvalue weighted by Gasteiger charge is -2.32. The van der Waals surface area contributed by atoms with E-state index in [4.69, 9.17) is 14.4 Å². The topological polar surface area (TPSA) is 38.7 Å². The molecule has 19 heavy (non-hydrogen) atoms. The van der Waals surface area contributed by atoms with Crippen molar-refractivity contribution >= 4 is 18.7 Å². The average Bonchev–Trinajstić information content (AvgIpc) is 2.56. The summed E-state index contributed by atoms with van der Waals surface area (Å²) in [5.41, 5.74) is 1.38. The molecule has 1 aliphatic rings. The van der Waals surface area contributed by atoms with Crippen molar-refractivity contribution in [2.75, 3.05) is 6.61 Å². The minimum absolute atomic E-state index is 0.0424. The highest BCUT2D eigenvalue weighted by Gasteiger charge is 2.51. The van der Waals surface area contributed by atoms with Crippen molar-refractivity contribution in [3.05, 3.63) is 35.9 Å². The van der Waals surface area contributed by atoms with E-state index in [0.29, 0.717) is 0 Å². The van der Waals surface area contributed by atoms with Crippen molar-refractivity contribution in [1.29, 1.82) is 0 Å². The molecule has 1 aliphatic heterocycles. The van der Waals surface area contributed by atoms with Gasteiger partial charge < -0.3 is 14.4 Å². The Morgan fingerprint density at radius 2 is 1.79 bits per heavy atom. The Hall–Kier alpha value is -1.10. The number of hydrogen-bond donors (Lipinski definition) is 1. The van der Waals surface area contributed by atoms with E-state index in [1.807, 2.05) is 58.0 Å². The molecule has 102 valence electrons. The van der Waals surface area contributed by atoms with Gasteiger partial charge in [-0.3, -0.25) is 0 Å². The Bertz CT molecular complexity index is 464. The third kappa shape index (κ3) is 2.91. The average molecular weight is 260 g/mol. The maximum atomic E-state index is 8.81. The van der Waals surface area contributed by atoms with Crippen molar-refractivity contribution < 1.29 is 14.4 Å². The smallest absolute Gasteiger partial charge is 0.399 e. The second-order valence-electron chi connectivity index (χ2n) is 5.84. The first-order valence-electron chi connectivity index (χ1n) is 6.59. The molecule has 0 bridgehead atoms. The van der Waals surface area contributed by atoms with Crippen LogP contribution >= 0.6 is 0 Å². The monoisotopic (exact) mass is 260 g/mol. The summed E-state index contributed by atoms with van der Waals surface area (Å²) >= 11 is 0. The SMILES string of the molecule is CC1(C)OB(c2cccc(C=CCO)c2)OC1(C)C. The minimum atomic E-state index is -0.340. The zero-order chi connectivity index (χ0) is 14.1. The third-order valence-electron chi connectivity index (χ3n) is 3.85. The van der Waals surface area contributed by atoms with E-state index in [1.165, 1.54) is 0 Å². The van der Waals surface area contributed by atoms with Crippen LogP contribution in [0.5, 0.6) is 0 Å². The van der Waals surface area contributed by atoms with Crippen molar-refractivity contribution in [2.24, 2.45) is 0 Å². The third-order valence-corrected chi connectivity index (χ3v) is 3.85. The minimum Gasteiger partial charge on any atom is -0.399 e. The van der Waals surface area contributed by atoms with E-state index in [1.54, 1.807) is 6.08 Å². The van der Waals surface area contributed by atoms with Gasteiger partial charge in [-0.1, -0.05) is 36.4 Å². The van der Waals surface area contributed by atoms with Gasteiger partial charge in [-0.25, -0.2) is 0 Å². The number of aliphatic hydroxyl groups is 1. The molecule has 4 heteroatoms. The zero-order valence-corrected chi connectivity index (χ0v) is 12.0. The van der Waals surface area contributed by atoms with Crippen LogP contribution in [-0.4, -0.2) is 30.0 Å². The van der Waals surface area contributed by atoms with Crippen molar-refractivity contribution in [2.45, 2.75) is 38.9 Å². The van der Waals surface area contributed by atoms with Crippen LogP contribution < -0.4 is 5.46 Å². The number of benzene rings is 1. The van der Waals surface area contributed by atoms with Crippen LogP contribution in [-0.2, 0) is 9.31 Å². The van der Waals surface area contributed by atoms with E-state index in [0.717, 1.165) is 11.0 Å². The summed E-state index contributed by atoms with van der Waals surface area (Å²) in [6.45, 7) is 8.22. The molecule has 0 atom stereocenters. The van der Waals surface area contributed by atoms with E-state index in [9.17, 15) is 0 Å². The lowest BCUT2D eigenvalue weighted by atomic mass is 9.78. The second kappa shape index (κ2) is 5.12. The first kappa shape index (κ1) is 14.3. The fourth-order valence-electron chi connectivity index (χ4n) is 1.98. The highest BCUT2D eigenvalue weighted by Crippen LogP contribution is 2.36. The molecule has 0 unspecified atom stereocenters. The van der Waals surface area contributed by atoms with Gasteiger partial charge in [-0.05, 0) is 38.7 Å². The van der Waals surface area contributed by atoms with Crippen LogP contribution in [0.15, 0.2) is 30.3 Å². The molecular weight excluding hydrogens is 239 g/mol. The Labute approximate surface area is 115 Å². The van der Waals surface area contributed by atoms with E-state index < -0.39 is 0 Å². The van der Waals surface area contributed by atoms with Gasteiger partial charge in [0, 0.05) is 0 Å². The summed E-state index contributed by atoms with van der Waals surface area (Å²) in [5, 5.41) is 8.81. The molecule has 1 N–H and O–H groups in total. The van der Waals surface area contributed by atoms with Gasteiger partial charge in [-0.15, -0.1) is 0 Å². The van der Waals surface area contributed by atoms with E-state index in [2.05, 4.69) is 0 Å². The van der Waals surface area contributed by atoms with Gasteiger partial charge in [0.15, 0.2) is 0 Å². The van der Waals surface area contributed by atoms with Crippen molar-refractivity contribution in [3.8, 4) is 0 Å². The van der Waals surface area contributed by atoms with Crippen LogP contribution in [0.25, 0.3) is 6.08 Å². The Balaban J connectivity index is 2.22. The summed E-state index contributed by atoms with van der Waals surface area (Å²) in [5.74, 6) is 0. The van der Waals surface area contributed by atoms with E-state index >= 15 is 0 Å². The first-order chi connectivity index (χ1) is 8.86. The Kier molecular flexibility index (Phi) is 3.86. The summed E-state index contributed by atoms with van der Waals surface area (Å²) in [6, 6.07) is 7.98. The standard InChI is InChI=1S/C15H21BO3/c1-14(2)15(3,4)19-16(18-14)13-9-5-7-12(11-13)8-6-10-17/h5-9,11,17H,10H2,1-4H3. The predicted molar refractivity (Wildman–Crippen MR) is 78.3 cm³/mol. The summed E-state index contributed by atoms with van der Waals surface area (Å²) in [6.07, 6.45) is 3.60. The quantitative estimate of drug-likeness (QED) is 0.845. The van der Waals surface area contributed by atoms with Gasteiger partial charge in [0.2, 0.25) is 0 Å². The highest BCUT2D eigenvalue weighted by atomic mass is 16.7. The molecule has 1 heterocycles. The molecule has 0 saturated carbocycles. The molecule has 2 rings (SSSR count). The van der Waals surface area contributed by atoms with Gasteiger partial charge >= 0.3 is 7.12 Å². The zero-order valence-electron chi connectivity index (χ0n) is 12.0. The van der Waals surface area contributed by atoms with Crippen molar-refractivity contribution in [1.82, 2.24) is 0 Å². The molecule has 3 nitrogen and oxygen atoms in total. The normalized spacial score (nSPS) is 21.2. The molecule has 0 amide bonds. The lowest BCUT2D eigenvalue weighted by Crippen LogP contribution is -2.41. The molecule has 1 aromatic carbocycles. The summed E-state index contributed by atoms with van der Waals surface area (Å²) in [7, 11) is -0.340. The maximum absolute atomic E-state index is 8.81. The van der Waals surface area contributed by atoms with Gasteiger partial charge in [-0.2, -0.15) is 0 Å².